The van der Waals surface area contributed by atoms with E-state index in [-0.39, 0.29) is 12.5 Å². The van der Waals surface area contributed by atoms with Gasteiger partial charge in [0, 0.05) is 21.2 Å². The van der Waals surface area contributed by atoms with E-state index in [1.54, 1.807) is 17.4 Å². The third-order valence-electron chi connectivity index (χ3n) is 3.44. The fourth-order valence-electron chi connectivity index (χ4n) is 2.29. The Morgan fingerprint density at radius 3 is 2.62 bits per heavy atom. The van der Waals surface area contributed by atoms with Crippen LogP contribution in [0.3, 0.4) is 0 Å². The monoisotopic (exact) mass is 357 g/mol. The molecule has 0 aliphatic carbocycles. The number of hydrogen-bond donors (Lipinski definition) is 1. The number of amides is 1. The molecular weight excluding hydrogens is 342 g/mol. The maximum absolute atomic E-state index is 12.1. The molecule has 0 saturated heterocycles. The zero-order valence-electron chi connectivity index (χ0n) is 12.9. The minimum absolute atomic E-state index is 0.0238. The fourth-order valence-corrected chi connectivity index (χ4v) is 3.25. The van der Waals surface area contributed by atoms with Crippen molar-refractivity contribution in [1.82, 2.24) is 0 Å². The molecule has 0 fully saturated rings. The van der Waals surface area contributed by atoms with Crippen molar-refractivity contribution in [1.29, 1.82) is 0 Å². The van der Waals surface area contributed by atoms with Gasteiger partial charge in [0.25, 0.3) is 0 Å². The topological polar surface area (TPSA) is 38.3 Å². The van der Waals surface area contributed by atoms with Crippen LogP contribution in [0, 0.1) is 0 Å². The number of carbonyl (C=O) groups is 1. The lowest BCUT2D eigenvalue weighted by atomic mass is 10.1. The highest BCUT2D eigenvalue weighted by Gasteiger charge is 2.09. The summed E-state index contributed by atoms with van der Waals surface area (Å²) in [5.41, 5.74) is 2.66. The van der Waals surface area contributed by atoms with Crippen molar-refractivity contribution in [2.45, 2.75) is 6.61 Å². The zero-order chi connectivity index (χ0) is 16.8. The largest absolute Gasteiger partial charge is 0.367 e. The zero-order valence-corrected chi connectivity index (χ0v) is 14.4. The van der Waals surface area contributed by atoms with Crippen LogP contribution in [0.5, 0.6) is 0 Å². The standard InChI is InChI=1S/C19H16ClNO2S/c20-16-8-3-1-6-14(16)12-23-13-19(22)21-17-9-4-2-7-15(17)18-10-5-11-24-18/h1-11H,12-13H2,(H,21,22). The van der Waals surface area contributed by atoms with Crippen molar-refractivity contribution in [2.75, 3.05) is 11.9 Å². The molecule has 5 heteroatoms. The summed E-state index contributed by atoms with van der Waals surface area (Å²) < 4.78 is 5.47. The molecular formula is C19H16ClNO2S. The highest BCUT2D eigenvalue weighted by molar-refractivity contribution is 7.13. The minimum atomic E-state index is -0.189. The van der Waals surface area contributed by atoms with Crippen molar-refractivity contribution in [3.05, 3.63) is 76.6 Å². The number of ether oxygens (including phenoxy) is 1. The predicted molar refractivity (Wildman–Crippen MR) is 99.5 cm³/mol. The highest BCUT2D eigenvalue weighted by Crippen LogP contribution is 2.31. The van der Waals surface area contributed by atoms with Crippen LogP contribution in [0.1, 0.15) is 5.56 Å². The van der Waals surface area contributed by atoms with Crippen molar-refractivity contribution in [3.8, 4) is 10.4 Å². The lowest BCUT2D eigenvalue weighted by Gasteiger charge is -2.10. The molecule has 1 N–H and O–H groups in total. The Morgan fingerprint density at radius 1 is 1.04 bits per heavy atom. The van der Waals surface area contributed by atoms with Crippen molar-refractivity contribution in [2.24, 2.45) is 0 Å². The Morgan fingerprint density at radius 2 is 1.83 bits per heavy atom. The summed E-state index contributed by atoms with van der Waals surface area (Å²) in [6.07, 6.45) is 0. The van der Waals surface area contributed by atoms with Crippen LogP contribution in [-0.2, 0) is 16.1 Å². The van der Waals surface area contributed by atoms with Gasteiger partial charge in [0.2, 0.25) is 5.91 Å². The number of hydrogen-bond acceptors (Lipinski definition) is 3. The lowest BCUT2D eigenvalue weighted by molar-refractivity contribution is -0.121. The maximum Gasteiger partial charge on any atom is 0.250 e. The molecule has 0 saturated carbocycles. The third kappa shape index (κ3) is 4.23. The van der Waals surface area contributed by atoms with Gasteiger partial charge in [-0.1, -0.05) is 54.1 Å². The van der Waals surface area contributed by atoms with Crippen molar-refractivity contribution in [3.63, 3.8) is 0 Å². The summed E-state index contributed by atoms with van der Waals surface area (Å²) in [5, 5.41) is 5.56. The average molecular weight is 358 g/mol. The van der Waals surface area contributed by atoms with Gasteiger partial charge in [-0.25, -0.2) is 0 Å². The smallest absolute Gasteiger partial charge is 0.250 e. The van der Waals surface area contributed by atoms with E-state index in [9.17, 15) is 4.79 Å². The van der Waals surface area contributed by atoms with Crippen LogP contribution in [0.15, 0.2) is 66.0 Å². The fraction of sp³-hybridized carbons (Fsp3) is 0.105. The third-order valence-corrected chi connectivity index (χ3v) is 4.71. The Hall–Kier alpha value is -2.14. The Labute approximate surface area is 149 Å². The SMILES string of the molecule is O=C(COCc1ccccc1Cl)Nc1ccccc1-c1cccs1. The summed E-state index contributed by atoms with van der Waals surface area (Å²) in [6, 6.07) is 19.2. The number of benzene rings is 2. The molecule has 0 aliphatic heterocycles. The molecule has 0 aliphatic rings. The van der Waals surface area contributed by atoms with E-state index >= 15 is 0 Å². The van der Waals surface area contributed by atoms with Gasteiger partial charge in [-0.2, -0.15) is 0 Å². The molecule has 0 radical (unpaired) electrons. The van der Waals surface area contributed by atoms with E-state index in [0.29, 0.717) is 11.6 Å². The van der Waals surface area contributed by atoms with E-state index in [1.165, 1.54) is 0 Å². The molecule has 3 aromatic rings. The predicted octanol–water partition coefficient (Wildman–Crippen LogP) is 5.22. The molecule has 1 aromatic heterocycles. The molecule has 3 rings (SSSR count). The number of anilines is 1. The van der Waals surface area contributed by atoms with Crippen molar-refractivity contribution < 1.29 is 9.53 Å². The van der Waals surface area contributed by atoms with E-state index in [4.69, 9.17) is 16.3 Å². The molecule has 1 heterocycles. The molecule has 0 spiro atoms. The molecule has 0 unspecified atom stereocenters. The van der Waals surface area contributed by atoms with Crippen LogP contribution in [0.4, 0.5) is 5.69 Å². The van der Waals surface area contributed by atoms with Gasteiger partial charge in [0.1, 0.15) is 6.61 Å². The average Bonchev–Trinajstić information content (AvgIpc) is 3.11. The first-order chi connectivity index (χ1) is 11.7. The van der Waals surface area contributed by atoms with Gasteiger partial charge >= 0.3 is 0 Å². The van der Waals surface area contributed by atoms with E-state index < -0.39 is 0 Å². The van der Waals surface area contributed by atoms with Gasteiger partial charge < -0.3 is 10.1 Å². The van der Waals surface area contributed by atoms with E-state index in [2.05, 4.69) is 5.32 Å². The summed E-state index contributed by atoms with van der Waals surface area (Å²) >= 11 is 7.70. The highest BCUT2D eigenvalue weighted by atomic mass is 35.5. The number of nitrogens with one attached hydrogen (secondary N) is 1. The maximum atomic E-state index is 12.1. The quantitative estimate of drug-likeness (QED) is 0.656. The number of rotatable bonds is 6. The molecule has 1 amide bonds. The van der Waals surface area contributed by atoms with Crippen LogP contribution in [0.25, 0.3) is 10.4 Å². The Balaban J connectivity index is 1.59. The lowest BCUT2D eigenvalue weighted by Crippen LogP contribution is -2.18. The van der Waals surface area contributed by atoms with E-state index in [0.717, 1.165) is 21.7 Å². The summed E-state index contributed by atoms with van der Waals surface area (Å²) in [4.78, 5) is 13.3. The molecule has 24 heavy (non-hydrogen) atoms. The van der Waals surface area contributed by atoms with Gasteiger partial charge in [0.15, 0.2) is 0 Å². The van der Waals surface area contributed by atoms with Gasteiger partial charge in [-0.15, -0.1) is 11.3 Å². The van der Waals surface area contributed by atoms with Crippen LogP contribution >= 0.6 is 22.9 Å². The summed E-state index contributed by atoms with van der Waals surface area (Å²) in [5.74, 6) is -0.189. The van der Waals surface area contributed by atoms with Gasteiger partial charge in [-0.05, 0) is 29.1 Å². The molecule has 2 aromatic carbocycles. The Kier molecular flexibility index (Phi) is 5.64. The normalized spacial score (nSPS) is 10.5. The van der Waals surface area contributed by atoms with Crippen LogP contribution < -0.4 is 5.32 Å². The molecule has 122 valence electrons. The second kappa shape index (κ2) is 8.11. The van der Waals surface area contributed by atoms with Gasteiger partial charge in [0.05, 0.1) is 6.61 Å². The first kappa shape index (κ1) is 16.7. The van der Waals surface area contributed by atoms with Crippen LogP contribution in [-0.4, -0.2) is 12.5 Å². The van der Waals surface area contributed by atoms with Gasteiger partial charge in [-0.3, -0.25) is 4.79 Å². The first-order valence-corrected chi connectivity index (χ1v) is 8.74. The summed E-state index contributed by atoms with van der Waals surface area (Å²) in [7, 11) is 0. The first-order valence-electron chi connectivity index (χ1n) is 7.48. The summed E-state index contributed by atoms with van der Waals surface area (Å²) in [6.45, 7) is 0.281. The molecule has 0 atom stereocenters. The number of halogens is 1. The molecule has 0 bridgehead atoms. The second-order valence-corrected chi connectivity index (χ2v) is 6.51. The molecule has 3 nitrogen and oxygen atoms in total. The minimum Gasteiger partial charge on any atom is -0.367 e. The number of para-hydroxylation sites is 1. The van der Waals surface area contributed by atoms with Crippen molar-refractivity contribution >= 4 is 34.5 Å². The van der Waals surface area contributed by atoms with Crippen LogP contribution in [0.2, 0.25) is 5.02 Å². The Bertz CT molecular complexity index is 818. The number of thiophene rings is 1. The second-order valence-electron chi connectivity index (χ2n) is 5.16. The van der Waals surface area contributed by atoms with E-state index in [1.807, 2.05) is 60.0 Å². The number of carbonyl (C=O) groups excluding carboxylic acids is 1.